The molecule has 2 aliphatic rings. The first-order valence-electron chi connectivity index (χ1n) is 6.58. The van der Waals surface area contributed by atoms with E-state index in [0.29, 0.717) is 24.0 Å². The maximum atomic E-state index is 11.6. The first-order chi connectivity index (χ1) is 7.95. The van der Waals surface area contributed by atoms with Crippen LogP contribution in [0.5, 0.6) is 0 Å². The van der Waals surface area contributed by atoms with Gasteiger partial charge in [0, 0.05) is 18.1 Å². The molecule has 1 aliphatic carbocycles. The van der Waals surface area contributed by atoms with E-state index in [1.54, 1.807) is 0 Å². The number of hydrogen-bond donors (Lipinski definition) is 1. The van der Waals surface area contributed by atoms with Crippen LogP contribution in [0.2, 0.25) is 0 Å². The molecule has 0 spiro atoms. The van der Waals surface area contributed by atoms with Gasteiger partial charge in [0.25, 0.3) is 0 Å². The normalized spacial score (nSPS) is 31.6. The van der Waals surface area contributed by atoms with E-state index in [1.165, 1.54) is 12.8 Å². The van der Waals surface area contributed by atoms with Crippen molar-refractivity contribution in [1.82, 2.24) is 4.90 Å². The molecule has 100 valence electrons. The lowest BCUT2D eigenvalue weighted by Gasteiger charge is -2.44. The van der Waals surface area contributed by atoms with Crippen molar-refractivity contribution in [2.24, 2.45) is 11.7 Å². The van der Waals surface area contributed by atoms with Crippen LogP contribution in [-0.2, 0) is 9.84 Å². The molecule has 5 heteroatoms. The Kier molecular flexibility index (Phi) is 3.54. The number of sulfone groups is 1. The molecular weight excluding hydrogens is 236 g/mol. The highest BCUT2D eigenvalue weighted by Crippen LogP contribution is 2.45. The third-order valence-electron chi connectivity index (χ3n) is 4.76. The predicted octanol–water partition coefficient (Wildman–Crippen LogP) is 0.623. The van der Waals surface area contributed by atoms with Crippen LogP contribution in [0.3, 0.4) is 0 Å². The predicted molar refractivity (Wildman–Crippen MR) is 69.6 cm³/mol. The first kappa shape index (κ1) is 13.3. The van der Waals surface area contributed by atoms with Crippen molar-refractivity contribution in [2.75, 3.05) is 25.1 Å². The van der Waals surface area contributed by atoms with Crippen molar-refractivity contribution in [1.29, 1.82) is 0 Å². The molecule has 0 aromatic heterocycles. The van der Waals surface area contributed by atoms with Gasteiger partial charge in [0.15, 0.2) is 9.84 Å². The summed E-state index contributed by atoms with van der Waals surface area (Å²) >= 11 is 0. The monoisotopic (exact) mass is 260 g/mol. The molecular formula is C12H24N2O2S. The summed E-state index contributed by atoms with van der Waals surface area (Å²) in [7, 11) is -0.735. The van der Waals surface area contributed by atoms with E-state index in [1.807, 2.05) is 0 Å². The largest absolute Gasteiger partial charge is 0.329 e. The summed E-state index contributed by atoms with van der Waals surface area (Å²) in [6, 6.07) is 0.170. The van der Waals surface area contributed by atoms with E-state index in [2.05, 4.69) is 18.9 Å². The average molecular weight is 260 g/mol. The van der Waals surface area contributed by atoms with Crippen LogP contribution < -0.4 is 5.73 Å². The average Bonchev–Trinajstić information content (AvgIpc) is 3.06. The molecule has 2 unspecified atom stereocenters. The Hall–Kier alpha value is -0.130. The van der Waals surface area contributed by atoms with Crippen LogP contribution in [0.15, 0.2) is 0 Å². The first-order valence-corrected chi connectivity index (χ1v) is 8.41. The van der Waals surface area contributed by atoms with Gasteiger partial charge in [-0.05, 0) is 38.6 Å². The fourth-order valence-electron chi connectivity index (χ4n) is 3.35. The van der Waals surface area contributed by atoms with Gasteiger partial charge in [0.2, 0.25) is 0 Å². The van der Waals surface area contributed by atoms with Gasteiger partial charge in [-0.25, -0.2) is 8.42 Å². The smallest absolute Gasteiger partial charge is 0.151 e. The number of rotatable bonds is 5. The molecule has 2 N–H and O–H groups in total. The van der Waals surface area contributed by atoms with E-state index in [9.17, 15) is 8.42 Å². The lowest BCUT2D eigenvalue weighted by molar-refractivity contribution is 0.0626. The van der Waals surface area contributed by atoms with Crippen LogP contribution in [-0.4, -0.2) is 50.0 Å². The topological polar surface area (TPSA) is 63.4 Å². The van der Waals surface area contributed by atoms with Crippen molar-refractivity contribution in [3.8, 4) is 0 Å². The van der Waals surface area contributed by atoms with Gasteiger partial charge in [0.05, 0.1) is 11.5 Å². The van der Waals surface area contributed by atoms with E-state index >= 15 is 0 Å². The summed E-state index contributed by atoms with van der Waals surface area (Å²) in [4.78, 5) is 2.29. The number of nitrogens with two attached hydrogens (primary N) is 1. The zero-order valence-electron chi connectivity index (χ0n) is 10.9. The minimum Gasteiger partial charge on any atom is -0.329 e. The molecule has 0 aromatic rings. The Morgan fingerprint density at radius 3 is 2.35 bits per heavy atom. The standard InChI is InChI=1S/C12H24N2O2S/c1-3-12(9-13,10-4-5-10)14(2)11-6-7-17(15,16)8-11/h10-11H,3-9,13H2,1-2H3. The van der Waals surface area contributed by atoms with Gasteiger partial charge < -0.3 is 5.73 Å². The second-order valence-corrected chi connectivity index (χ2v) is 7.83. The number of likely N-dealkylation sites (N-methyl/N-ethyl adjacent to an activating group) is 1. The second kappa shape index (κ2) is 4.52. The van der Waals surface area contributed by atoms with Crippen LogP contribution in [0.4, 0.5) is 0 Å². The molecule has 17 heavy (non-hydrogen) atoms. The van der Waals surface area contributed by atoms with Gasteiger partial charge in [-0.2, -0.15) is 0 Å². The molecule has 0 radical (unpaired) electrons. The highest BCUT2D eigenvalue weighted by Gasteiger charge is 2.49. The van der Waals surface area contributed by atoms with E-state index < -0.39 is 9.84 Å². The lowest BCUT2D eigenvalue weighted by Crippen LogP contribution is -2.57. The van der Waals surface area contributed by atoms with Crippen LogP contribution >= 0.6 is 0 Å². The molecule has 1 aliphatic heterocycles. The molecule has 0 amide bonds. The molecule has 1 saturated heterocycles. The highest BCUT2D eigenvalue weighted by molar-refractivity contribution is 7.91. The van der Waals surface area contributed by atoms with Crippen molar-refractivity contribution >= 4 is 9.84 Å². The van der Waals surface area contributed by atoms with Gasteiger partial charge in [-0.1, -0.05) is 6.92 Å². The van der Waals surface area contributed by atoms with E-state index in [-0.39, 0.29) is 11.6 Å². The van der Waals surface area contributed by atoms with E-state index in [4.69, 9.17) is 5.73 Å². The van der Waals surface area contributed by atoms with Crippen LogP contribution in [0.1, 0.15) is 32.6 Å². The van der Waals surface area contributed by atoms with Gasteiger partial charge in [-0.3, -0.25) is 4.90 Å². The Morgan fingerprint density at radius 2 is 2.00 bits per heavy atom. The quantitative estimate of drug-likeness (QED) is 0.787. The van der Waals surface area contributed by atoms with Crippen molar-refractivity contribution < 1.29 is 8.42 Å². The Morgan fingerprint density at radius 1 is 1.35 bits per heavy atom. The molecule has 1 saturated carbocycles. The van der Waals surface area contributed by atoms with Crippen LogP contribution in [0.25, 0.3) is 0 Å². The van der Waals surface area contributed by atoms with Crippen molar-refractivity contribution in [2.45, 2.75) is 44.2 Å². The Labute approximate surface area is 104 Å². The molecule has 2 fully saturated rings. The zero-order chi connectivity index (χ0) is 12.7. The fourth-order valence-corrected chi connectivity index (χ4v) is 5.12. The number of nitrogens with zero attached hydrogens (tertiary/aromatic N) is 1. The maximum Gasteiger partial charge on any atom is 0.151 e. The molecule has 0 aromatic carbocycles. The molecule has 0 bridgehead atoms. The molecule has 2 atom stereocenters. The summed E-state index contributed by atoms with van der Waals surface area (Å²) in [6.45, 7) is 2.81. The SMILES string of the molecule is CCC(CN)(C1CC1)N(C)C1CCS(=O)(=O)C1. The van der Waals surface area contributed by atoms with Crippen molar-refractivity contribution in [3.63, 3.8) is 0 Å². The summed E-state index contributed by atoms with van der Waals surface area (Å²) in [5, 5.41) is 0. The summed E-state index contributed by atoms with van der Waals surface area (Å²) < 4.78 is 23.2. The summed E-state index contributed by atoms with van der Waals surface area (Å²) in [5.74, 6) is 1.33. The fraction of sp³-hybridized carbons (Fsp3) is 1.00. The Balaban J connectivity index is 2.14. The lowest BCUT2D eigenvalue weighted by atomic mass is 9.87. The molecule has 1 heterocycles. The summed E-state index contributed by atoms with van der Waals surface area (Å²) in [6.07, 6.45) is 4.28. The highest BCUT2D eigenvalue weighted by atomic mass is 32.2. The van der Waals surface area contributed by atoms with Crippen molar-refractivity contribution in [3.05, 3.63) is 0 Å². The van der Waals surface area contributed by atoms with Gasteiger partial charge in [0.1, 0.15) is 0 Å². The van der Waals surface area contributed by atoms with Gasteiger partial charge >= 0.3 is 0 Å². The zero-order valence-corrected chi connectivity index (χ0v) is 11.7. The maximum absolute atomic E-state index is 11.6. The molecule has 2 rings (SSSR count). The second-order valence-electron chi connectivity index (χ2n) is 5.60. The Bertz CT molecular complexity index is 372. The van der Waals surface area contributed by atoms with Gasteiger partial charge in [-0.15, -0.1) is 0 Å². The molecule has 4 nitrogen and oxygen atoms in total. The third-order valence-corrected chi connectivity index (χ3v) is 6.51. The minimum atomic E-state index is -2.80. The summed E-state index contributed by atoms with van der Waals surface area (Å²) in [5.41, 5.74) is 6.04. The third kappa shape index (κ3) is 2.37. The minimum absolute atomic E-state index is 0.0323. The number of hydrogen-bond acceptors (Lipinski definition) is 4. The van der Waals surface area contributed by atoms with E-state index in [0.717, 1.165) is 12.8 Å². The van der Waals surface area contributed by atoms with Crippen LogP contribution in [0, 0.1) is 5.92 Å².